The van der Waals surface area contributed by atoms with Crippen LogP contribution in [0.5, 0.6) is 0 Å². The zero-order chi connectivity index (χ0) is 17.3. The normalized spacial score (nSPS) is 18.5. The predicted molar refractivity (Wildman–Crippen MR) is 117 cm³/mol. The van der Waals surface area contributed by atoms with Gasteiger partial charge in [-0.25, -0.2) is 0 Å². The van der Waals surface area contributed by atoms with Crippen molar-refractivity contribution in [3.8, 4) is 0 Å². The fourth-order valence-corrected chi connectivity index (χ4v) is 4.86. The molecule has 0 radical (unpaired) electrons. The maximum atomic E-state index is 9.92. The van der Waals surface area contributed by atoms with Crippen LogP contribution in [-0.4, -0.2) is 23.4 Å². The molecule has 2 aliphatic rings. The van der Waals surface area contributed by atoms with Crippen LogP contribution < -0.4 is 0 Å². The summed E-state index contributed by atoms with van der Waals surface area (Å²) in [7, 11) is 0. The van der Waals surface area contributed by atoms with Crippen molar-refractivity contribution in [2.75, 3.05) is 13.2 Å². The average molecular weight is 497 g/mol. The Labute approximate surface area is 198 Å². The molecular formula is C23H26Cl2O2Zr. The number of allylic oxidation sites excluding steroid dienone is 2. The number of aliphatic hydroxyl groups excluding tert-OH is 2. The topological polar surface area (TPSA) is 40.5 Å². The van der Waals surface area contributed by atoms with Gasteiger partial charge in [0.25, 0.3) is 0 Å². The van der Waals surface area contributed by atoms with Crippen LogP contribution in [0.15, 0.2) is 60.7 Å². The number of halogens is 2. The molecule has 0 fully saturated rings. The summed E-state index contributed by atoms with van der Waals surface area (Å²) in [6, 6.07) is 17.0. The standard InChI is InChI=1S/C23H24O2.2ClH.Zr/c24-15-13-23(14-16-25,21-11-9-17-5-1-3-7-19(17)21)22-12-10-18-6-2-4-8-20(18)22;;;/h1-12,21-22,24-25H,13-16H2;2*1H;. The Balaban J connectivity index is 0.00000131. The van der Waals surface area contributed by atoms with Gasteiger partial charge in [0.1, 0.15) is 0 Å². The Morgan fingerprint density at radius 1 is 0.679 bits per heavy atom. The quantitative estimate of drug-likeness (QED) is 0.577. The number of hydrogen-bond donors (Lipinski definition) is 2. The summed E-state index contributed by atoms with van der Waals surface area (Å²) in [6.07, 6.45) is 10.2. The molecule has 0 aromatic heterocycles. The smallest absolute Gasteiger partial charge is 0.0437 e. The molecule has 0 saturated carbocycles. The molecule has 5 heteroatoms. The van der Waals surface area contributed by atoms with E-state index in [9.17, 15) is 10.2 Å². The van der Waals surface area contributed by atoms with Crippen LogP contribution >= 0.6 is 24.8 Å². The van der Waals surface area contributed by atoms with Crippen LogP contribution in [-0.2, 0) is 26.2 Å². The minimum atomic E-state index is -0.226. The molecule has 0 saturated heterocycles. The summed E-state index contributed by atoms with van der Waals surface area (Å²) in [6.45, 7) is 0.248. The van der Waals surface area contributed by atoms with E-state index in [4.69, 9.17) is 0 Å². The first kappa shape index (κ1) is 25.3. The molecule has 0 spiro atoms. The second-order valence-electron chi connectivity index (χ2n) is 7.11. The Kier molecular flexibility index (Phi) is 9.87. The third-order valence-corrected chi connectivity index (χ3v) is 5.99. The summed E-state index contributed by atoms with van der Waals surface area (Å²) in [4.78, 5) is 0. The molecule has 2 aromatic rings. The van der Waals surface area contributed by atoms with Gasteiger partial charge in [-0.05, 0) is 40.5 Å². The zero-order valence-corrected chi connectivity index (χ0v) is 19.7. The van der Waals surface area contributed by atoms with Gasteiger partial charge in [-0.15, -0.1) is 24.8 Å². The van der Waals surface area contributed by atoms with Gasteiger partial charge in [0.2, 0.25) is 0 Å². The summed E-state index contributed by atoms with van der Waals surface area (Å²) in [5, 5.41) is 19.8. The third kappa shape index (κ3) is 4.25. The molecule has 2 unspecified atom stereocenters. The van der Waals surface area contributed by atoms with Crippen molar-refractivity contribution in [3.05, 3.63) is 82.9 Å². The van der Waals surface area contributed by atoms with Crippen LogP contribution in [0.25, 0.3) is 12.2 Å². The molecule has 2 atom stereocenters. The van der Waals surface area contributed by atoms with Crippen molar-refractivity contribution in [1.29, 1.82) is 0 Å². The number of rotatable bonds is 6. The summed E-state index contributed by atoms with van der Waals surface area (Å²) >= 11 is 0. The first-order valence-corrected chi connectivity index (χ1v) is 9.06. The fraction of sp³-hybridized carbons (Fsp3) is 0.304. The molecule has 2 nitrogen and oxygen atoms in total. The van der Waals surface area contributed by atoms with Crippen molar-refractivity contribution >= 4 is 37.0 Å². The van der Waals surface area contributed by atoms with Crippen LogP contribution in [0, 0.1) is 5.41 Å². The third-order valence-electron chi connectivity index (χ3n) is 5.99. The monoisotopic (exact) mass is 494 g/mol. The Morgan fingerprint density at radius 3 is 1.46 bits per heavy atom. The SMILES string of the molecule is Cl.Cl.OCCC(CCO)(C1C=Cc2ccccc21)C1C=Cc2ccccc21.[Zr]. The Hall–Kier alpha value is -0.697. The molecule has 0 amide bonds. The molecular weight excluding hydrogens is 470 g/mol. The second-order valence-corrected chi connectivity index (χ2v) is 7.11. The largest absolute Gasteiger partial charge is 0.396 e. The number of benzene rings is 2. The van der Waals surface area contributed by atoms with E-state index in [-0.39, 0.29) is 81.5 Å². The van der Waals surface area contributed by atoms with Crippen LogP contribution in [0.3, 0.4) is 0 Å². The van der Waals surface area contributed by atoms with E-state index < -0.39 is 0 Å². The predicted octanol–water partition coefficient (Wildman–Crippen LogP) is 5.20. The van der Waals surface area contributed by atoms with Crippen molar-refractivity contribution in [3.63, 3.8) is 0 Å². The van der Waals surface area contributed by atoms with Gasteiger partial charge in [0, 0.05) is 51.3 Å². The molecule has 4 rings (SSSR count). The van der Waals surface area contributed by atoms with Gasteiger partial charge < -0.3 is 10.2 Å². The maximum absolute atomic E-state index is 9.92. The van der Waals surface area contributed by atoms with Gasteiger partial charge in [0.05, 0.1) is 0 Å². The van der Waals surface area contributed by atoms with Crippen LogP contribution in [0.4, 0.5) is 0 Å². The van der Waals surface area contributed by atoms with E-state index in [2.05, 4.69) is 72.8 Å². The number of hydrogen-bond acceptors (Lipinski definition) is 2. The first-order valence-electron chi connectivity index (χ1n) is 9.06. The van der Waals surface area contributed by atoms with Crippen molar-refractivity contribution < 1.29 is 36.4 Å². The van der Waals surface area contributed by atoms with Gasteiger partial charge in [-0.2, -0.15) is 0 Å². The van der Waals surface area contributed by atoms with Gasteiger partial charge >= 0.3 is 0 Å². The fourth-order valence-electron chi connectivity index (χ4n) is 4.86. The van der Waals surface area contributed by atoms with Crippen LogP contribution in [0.1, 0.15) is 46.9 Å². The second kappa shape index (κ2) is 10.9. The van der Waals surface area contributed by atoms with E-state index in [1.165, 1.54) is 22.3 Å². The molecule has 28 heavy (non-hydrogen) atoms. The van der Waals surface area contributed by atoms with E-state index in [1.807, 2.05) is 0 Å². The number of fused-ring (bicyclic) bond motifs is 2. The maximum Gasteiger partial charge on any atom is 0.0437 e. The van der Waals surface area contributed by atoms with E-state index in [1.54, 1.807) is 0 Å². The van der Waals surface area contributed by atoms with Gasteiger partial charge in [0.15, 0.2) is 0 Å². The van der Waals surface area contributed by atoms with E-state index in [0.717, 1.165) is 0 Å². The minimum absolute atomic E-state index is 0. The minimum Gasteiger partial charge on any atom is -0.396 e. The zero-order valence-electron chi connectivity index (χ0n) is 15.6. The van der Waals surface area contributed by atoms with Crippen molar-refractivity contribution in [2.45, 2.75) is 24.7 Å². The number of aliphatic hydroxyl groups is 2. The average Bonchev–Trinajstić information content (AvgIpc) is 3.26. The van der Waals surface area contributed by atoms with Gasteiger partial charge in [-0.1, -0.05) is 72.8 Å². The van der Waals surface area contributed by atoms with E-state index in [0.29, 0.717) is 12.8 Å². The molecule has 2 N–H and O–H groups in total. The molecule has 0 bridgehead atoms. The summed E-state index contributed by atoms with van der Waals surface area (Å²) in [5.74, 6) is 0.396. The van der Waals surface area contributed by atoms with Crippen molar-refractivity contribution in [1.82, 2.24) is 0 Å². The summed E-state index contributed by atoms with van der Waals surface area (Å²) < 4.78 is 0. The Bertz CT molecular complexity index is 765. The molecule has 0 heterocycles. The molecule has 2 aliphatic carbocycles. The van der Waals surface area contributed by atoms with E-state index >= 15 is 0 Å². The summed E-state index contributed by atoms with van der Waals surface area (Å²) in [5.41, 5.74) is 4.89. The molecule has 2 aromatic carbocycles. The molecule has 0 aliphatic heterocycles. The Morgan fingerprint density at radius 2 is 1.07 bits per heavy atom. The van der Waals surface area contributed by atoms with Crippen LogP contribution in [0.2, 0.25) is 0 Å². The first-order chi connectivity index (χ1) is 12.3. The van der Waals surface area contributed by atoms with Gasteiger partial charge in [-0.3, -0.25) is 0 Å². The molecule has 148 valence electrons. The van der Waals surface area contributed by atoms with Crippen molar-refractivity contribution in [2.24, 2.45) is 5.41 Å².